The molecule has 0 bridgehead atoms. The molecule has 0 N–H and O–H groups in total. The molecule has 5 heteroatoms. The number of aryl methyl sites for hydroxylation is 4. The molecule has 1 unspecified atom stereocenters. The van der Waals surface area contributed by atoms with Gasteiger partial charge in [0.15, 0.2) is 0 Å². The molecule has 25 heavy (non-hydrogen) atoms. The molecule has 3 aromatic rings. The van der Waals surface area contributed by atoms with Gasteiger partial charge in [0.25, 0.3) is 0 Å². The molecule has 0 radical (unpaired) electrons. The van der Waals surface area contributed by atoms with Gasteiger partial charge < -0.3 is 9.32 Å². The molecule has 0 fully saturated rings. The molecule has 1 atom stereocenters. The van der Waals surface area contributed by atoms with Crippen LogP contribution in [-0.4, -0.2) is 22.8 Å². The molecule has 0 aliphatic rings. The highest BCUT2D eigenvalue weighted by Gasteiger charge is 2.23. The molecular weight excluding hydrogens is 332 g/mol. The normalized spacial score (nSPS) is 12.6. The van der Waals surface area contributed by atoms with Crippen molar-refractivity contribution in [1.29, 1.82) is 0 Å². The van der Waals surface area contributed by atoms with Gasteiger partial charge >= 0.3 is 0 Å². The highest BCUT2D eigenvalue weighted by molar-refractivity contribution is 7.11. The summed E-state index contributed by atoms with van der Waals surface area (Å²) in [5.74, 6) is 0.0697. The van der Waals surface area contributed by atoms with Crippen LogP contribution in [0.25, 0.3) is 11.0 Å². The van der Waals surface area contributed by atoms with Crippen LogP contribution in [0.2, 0.25) is 0 Å². The molecule has 4 nitrogen and oxygen atoms in total. The lowest BCUT2D eigenvalue weighted by molar-refractivity contribution is -0.131. The first kappa shape index (κ1) is 17.7. The van der Waals surface area contributed by atoms with Crippen molar-refractivity contribution < 1.29 is 9.21 Å². The number of carbonyl (C=O) groups is 1. The van der Waals surface area contributed by atoms with Gasteiger partial charge in [-0.25, -0.2) is 4.98 Å². The van der Waals surface area contributed by atoms with E-state index < -0.39 is 0 Å². The lowest BCUT2D eigenvalue weighted by Gasteiger charge is -2.24. The number of rotatable bonds is 4. The van der Waals surface area contributed by atoms with Crippen LogP contribution in [0, 0.1) is 27.7 Å². The van der Waals surface area contributed by atoms with Gasteiger partial charge in [-0.1, -0.05) is 6.07 Å². The third kappa shape index (κ3) is 3.33. The number of furan rings is 1. The van der Waals surface area contributed by atoms with Crippen molar-refractivity contribution in [2.24, 2.45) is 0 Å². The topological polar surface area (TPSA) is 46.3 Å². The summed E-state index contributed by atoms with van der Waals surface area (Å²) in [7, 11) is 1.85. The summed E-state index contributed by atoms with van der Waals surface area (Å²) in [5, 5.41) is 2.09. The average Bonchev–Trinajstić information content (AvgIpc) is 3.08. The average molecular weight is 356 g/mol. The second-order valence-electron chi connectivity index (χ2n) is 6.75. The Labute approximate surface area is 152 Å². The fraction of sp³-hybridized carbons (Fsp3) is 0.400. The monoisotopic (exact) mass is 356 g/mol. The van der Waals surface area contributed by atoms with E-state index in [1.807, 2.05) is 33.9 Å². The first-order valence-electron chi connectivity index (χ1n) is 8.44. The molecule has 2 aromatic heterocycles. The van der Waals surface area contributed by atoms with Gasteiger partial charge in [-0.3, -0.25) is 4.79 Å². The Bertz CT molecular complexity index is 939. The maximum absolute atomic E-state index is 12.8. The Morgan fingerprint density at radius 1 is 1.28 bits per heavy atom. The van der Waals surface area contributed by atoms with Gasteiger partial charge in [-0.2, -0.15) is 0 Å². The fourth-order valence-corrected chi connectivity index (χ4v) is 4.28. The van der Waals surface area contributed by atoms with E-state index in [0.717, 1.165) is 38.4 Å². The van der Waals surface area contributed by atoms with Crippen molar-refractivity contribution >= 4 is 28.2 Å². The van der Waals surface area contributed by atoms with Crippen LogP contribution < -0.4 is 0 Å². The van der Waals surface area contributed by atoms with E-state index in [2.05, 4.69) is 24.9 Å². The standard InChI is InChI=1S/C20H24N2O2S/c1-11-7-12(2)19-16(10-24-17(19)8-11)9-18(23)22(6)13(3)20-14(4)25-15(5)21-20/h7-8,10,13H,9H2,1-6H3. The summed E-state index contributed by atoms with van der Waals surface area (Å²) < 4.78 is 5.68. The largest absolute Gasteiger partial charge is 0.464 e. The van der Waals surface area contributed by atoms with Crippen LogP contribution in [0.15, 0.2) is 22.8 Å². The van der Waals surface area contributed by atoms with Crippen molar-refractivity contribution in [3.8, 4) is 0 Å². The Morgan fingerprint density at radius 3 is 2.64 bits per heavy atom. The van der Waals surface area contributed by atoms with E-state index in [1.54, 1.807) is 22.5 Å². The van der Waals surface area contributed by atoms with Gasteiger partial charge in [0.1, 0.15) is 5.58 Å². The van der Waals surface area contributed by atoms with Crippen LogP contribution in [-0.2, 0) is 11.2 Å². The van der Waals surface area contributed by atoms with Crippen LogP contribution in [0.5, 0.6) is 0 Å². The quantitative estimate of drug-likeness (QED) is 0.669. The van der Waals surface area contributed by atoms with Crippen molar-refractivity contribution in [2.75, 3.05) is 7.05 Å². The lowest BCUT2D eigenvalue weighted by Crippen LogP contribution is -2.31. The molecule has 0 aliphatic carbocycles. The molecule has 0 spiro atoms. The van der Waals surface area contributed by atoms with Crippen LogP contribution in [0.4, 0.5) is 0 Å². The van der Waals surface area contributed by atoms with Gasteiger partial charge in [-0.05, 0) is 51.8 Å². The van der Waals surface area contributed by atoms with E-state index in [1.165, 1.54) is 4.88 Å². The minimum Gasteiger partial charge on any atom is -0.464 e. The second-order valence-corrected chi connectivity index (χ2v) is 8.15. The Morgan fingerprint density at radius 2 is 2.00 bits per heavy atom. The Kier molecular flexibility index (Phi) is 4.69. The van der Waals surface area contributed by atoms with Crippen molar-refractivity contribution in [3.63, 3.8) is 0 Å². The van der Waals surface area contributed by atoms with E-state index in [0.29, 0.717) is 6.42 Å². The molecule has 2 heterocycles. The summed E-state index contributed by atoms with van der Waals surface area (Å²) in [4.78, 5) is 20.4. The van der Waals surface area contributed by atoms with Crippen molar-refractivity contribution in [2.45, 2.75) is 47.1 Å². The van der Waals surface area contributed by atoms with Crippen molar-refractivity contribution in [1.82, 2.24) is 9.88 Å². The maximum Gasteiger partial charge on any atom is 0.227 e. The number of aromatic nitrogens is 1. The van der Waals surface area contributed by atoms with Gasteiger partial charge in [-0.15, -0.1) is 11.3 Å². The predicted octanol–water partition coefficient (Wildman–Crippen LogP) is 4.89. The molecule has 132 valence electrons. The Balaban J connectivity index is 1.83. The molecule has 3 rings (SSSR count). The first-order chi connectivity index (χ1) is 11.8. The smallest absolute Gasteiger partial charge is 0.227 e. The second kappa shape index (κ2) is 6.64. The maximum atomic E-state index is 12.8. The zero-order valence-electron chi connectivity index (χ0n) is 15.6. The van der Waals surface area contributed by atoms with E-state index in [9.17, 15) is 4.79 Å². The predicted molar refractivity (Wildman–Crippen MR) is 102 cm³/mol. The summed E-state index contributed by atoms with van der Waals surface area (Å²) in [6.07, 6.45) is 2.05. The molecule has 0 aliphatic heterocycles. The van der Waals surface area contributed by atoms with Crippen LogP contribution >= 0.6 is 11.3 Å². The fourth-order valence-electron chi connectivity index (χ4n) is 3.38. The zero-order chi connectivity index (χ0) is 18.3. The van der Waals surface area contributed by atoms with Gasteiger partial charge in [0, 0.05) is 22.9 Å². The summed E-state index contributed by atoms with van der Waals surface area (Å²) in [5.41, 5.74) is 5.09. The minimum absolute atomic E-state index is 0.0426. The number of hydrogen-bond acceptors (Lipinski definition) is 4. The number of fused-ring (bicyclic) bond motifs is 1. The number of benzene rings is 1. The Hall–Kier alpha value is -2.14. The van der Waals surface area contributed by atoms with E-state index in [4.69, 9.17) is 4.42 Å². The van der Waals surface area contributed by atoms with E-state index >= 15 is 0 Å². The van der Waals surface area contributed by atoms with Crippen LogP contribution in [0.3, 0.4) is 0 Å². The third-order valence-electron chi connectivity index (χ3n) is 4.74. The molecular formula is C20H24N2O2S. The summed E-state index contributed by atoms with van der Waals surface area (Å²) >= 11 is 1.67. The molecule has 1 aromatic carbocycles. The number of likely N-dealkylation sites (N-methyl/N-ethyl adjacent to an activating group) is 1. The third-order valence-corrected chi connectivity index (χ3v) is 5.65. The SMILES string of the molecule is Cc1cc(C)c2c(CC(=O)N(C)C(C)c3nc(C)sc3C)coc2c1. The number of nitrogens with zero attached hydrogens (tertiary/aromatic N) is 2. The summed E-state index contributed by atoms with van der Waals surface area (Å²) in [6.45, 7) is 10.2. The first-order valence-corrected chi connectivity index (χ1v) is 9.26. The highest BCUT2D eigenvalue weighted by atomic mass is 32.1. The van der Waals surface area contributed by atoms with Crippen molar-refractivity contribution in [3.05, 3.63) is 50.7 Å². The zero-order valence-corrected chi connectivity index (χ0v) is 16.5. The number of hydrogen-bond donors (Lipinski definition) is 0. The molecule has 1 amide bonds. The van der Waals surface area contributed by atoms with Gasteiger partial charge in [0.05, 0.1) is 29.4 Å². The molecule has 0 saturated carbocycles. The highest BCUT2D eigenvalue weighted by Crippen LogP contribution is 2.29. The summed E-state index contributed by atoms with van der Waals surface area (Å²) in [6, 6.07) is 4.10. The number of amides is 1. The van der Waals surface area contributed by atoms with E-state index in [-0.39, 0.29) is 11.9 Å². The number of thiazole rings is 1. The number of carbonyl (C=O) groups excluding carboxylic acids is 1. The molecule has 0 saturated heterocycles. The van der Waals surface area contributed by atoms with Crippen LogP contribution in [0.1, 0.15) is 45.2 Å². The van der Waals surface area contributed by atoms with Gasteiger partial charge in [0.2, 0.25) is 5.91 Å². The lowest BCUT2D eigenvalue weighted by atomic mass is 10.0. The minimum atomic E-state index is -0.0426.